The van der Waals surface area contributed by atoms with E-state index < -0.39 is 0 Å². The normalized spacial score (nSPS) is 15.7. The fourth-order valence-electron chi connectivity index (χ4n) is 3.42. The van der Waals surface area contributed by atoms with Crippen molar-refractivity contribution < 1.29 is 0 Å². The quantitative estimate of drug-likeness (QED) is 0.780. The third-order valence-corrected chi connectivity index (χ3v) is 5.14. The SMILES string of the molecule is CCCn1c(=O)c2[nH]c(C3CCCC3)nc2n(CCCBr)c1=O. The van der Waals surface area contributed by atoms with Crippen LogP contribution in [0.15, 0.2) is 9.59 Å². The number of aromatic amines is 1. The Balaban J connectivity index is 2.19. The molecule has 0 radical (unpaired) electrons. The zero-order valence-electron chi connectivity index (χ0n) is 13.5. The number of alkyl halides is 1. The van der Waals surface area contributed by atoms with Crippen LogP contribution in [0.5, 0.6) is 0 Å². The predicted molar refractivity (Wildman–Crippen MR) is 94.5 cm³/mol. The summed E-state index contributed by atoms with van der Waals surface area (Å²) in [4.78, 5) is 33.2. The zero-order valence-corrected chi connectivity index (χ0v) is 15.1. The topological polar surface area (TPSA) is 72.7 Å². The minimum atomic E-state index is -0.241. The molecule has 0 atom stereocenters. The Labute approximate surface area is 143 Å². The van der Waals surface area contributed by atoms with E-state index in [0.29, 0.717) is 30.2 Å². The molecule has 2 aromatic heterocycles. The first-order valence-corrected chi connectivity index (χ1v) is 9.58. The molecule has 0 aromatic carbocycles. The van der Waals surface area contributed by atoms with Crippen molar-refractivity contribution in [3.05, 3.63) is 26.7 Å². The zero-order chi connectivity index (χ0) is 16.4. The molecule has 0 bridgehead atoms. The molecule has 0 saturated heterocycles. The highest BCUT2D eigenvalue weighted by Gasteiger charge is 2.23. The van der Waals surface area contributed by atoms with Gasteiger partial charge < -0.3 is 4.98 Å². The molecule has 1 saturated carbocycles. The molecule has 0 amide bonds. The van der Waals surface area contributed by atoms with Crippen LogP contribution in [0.2, 0.25) is 0 Å². The van der Waals surface area contributed by atoms with E-state index in [1.54, 1.807) is 4.57 Å². The van der Waals surface area contributed by atoms with Crippen LogP contribution in [0, 0.1) is 0 Å². The second kappa shape index (κ2) is 7.03. The molecule has 126 valence electrons. The first-order valence-electron chi connectivity index (χ1n) is 8.46. The standard InChI is InChI=1S/C16H23BrN4O2/c1-2-9-21-15(22)12-14(20(16(21)23)10-5-8-17)19-13(18-12)11-6-3-4-7-11/h11H,2-10H2,1H3,(H,18,19). The smallest absolute Gasteiger partial charge is 0.332 e. The number of H-pyrrole nitrogens is 1. The van der Waals surface area contributed by atoms with Crippen LogP contribution in [0.1, 0.15) is 57.2 Å². The lowest BCUT2D eigenvalue weighted by Gasteiger charge is -2.09. The Morgan fingerprint density at radius 1 is 1.22 bits per heavy atom. The maximum atomic E-state index is 12.7. The number of aromatic nitrogens is 4. The van der Waals surface area contributed by atoms with Gasteiger partial charge in [-0.05, 0) is 25.7 Å². The van der Waals surface area contributed by atoms with Gasteiger partial charge in [-0.15, -0.1) is 0 Å². The predicted octanol–water partition coefficient (Wildman–Crippen LogP) is 2.74. The lowest BCUT2D eigenvalue weighted by atomic mass is 10.1. The number of fused-ring (bicyclic) bond motifs is 1. The molecule has 23 heavy (non-hydrogen) atoms. The fraction of sp³-hybridized carbons (Fsp3) is 0.688. The Morgan fingerprint density at radius 2 is 1.96 bits per heavy atom. The highest BCUT2D eigenvalue weighted by molar-refractivity contribution is 9.09. The Bertz CT molecular complexity index is 799. The van der Waals surface area contributed by atoms with Gasteiger partial charge in [-0.3, -0.25) is 13.9 Å². The molecule has 0 unspecified atom stereocenters. The second-order valence-electron chi connectivity index (χ2n) is 6.24. The first-order chi connectivity index (χ1) is 11.2. The third kappa shape index (κ3) is 3.03. The van der Waals surface area contributed by atoms with E-state index in [0.717, 1.165) is 36.8 Å². The van der Waals surface area contributed by atoms with Crippen molar-refractivity contribution in [2.45, 2.75) is 64.5 Å². The summed E-state index contributed by atoms with van der Waals surface area (Å²) < 4.78 is 3.00. The number of hydrogen-bond acceptors (Lipinski definition) is 3. The van der Waals surface area contributed by atoms with Gasteiger partial charge in [0.05, 0.1) is 0 Å². The van der Waals surface area contributed by atoms with Crippen LogP contribution in [-0.2, 0) is 13.1 Å². The Kier molecular flexibility index (Phi) is 5.04. The molecule has 7 heteroatoms. The molecular weight excluding hydrogens is 360 g/mol. The largest absolute Gasteiger partial charge is 0.336 e. The number of nitrogens with zero attached hydrogens (tertiary/aromatic N) is 3. The van der Waals surface area contributed by atoms with Gasteiger partial charge in [-0.25, -0.2) is 9.78 Å². The van der Waals surface area contributed by atoms with Crippen LogP contribution in [0.4, 0.5) is 0 Å². The molecule has 3 rings (SSSR count). The van der Waals surface area contributed by atoms with Crippen LogP contribution in [0.3, 0.4) is 0 Å². The van der Waals surface area contributed by atoms with E-state index in [4.69, 9.17) is 0 Å². The monoisotopic (exact) mass is 382 g/mol. The summed E-state index contributed by atoms with van der Waals surface area (Å²) >= 11 is 3.41. The minimum Gasteiger partial charge on any atom is -0.336 e. The van der Waals surface area contributed by atoms with Gasteiger partial charge in [0.25, 0.3) is 5.56 Å². The van der Waals surface area contributed by atoms with Gasteiger partial charge in [-0.2, -0.15) is 0 Å². The first kappa shape index (κ1) is 16.5. The van der Waals surface area contributed by atoms with E-state index in [2.05, 4.69) is 25.9 Å². The van der Waals surface area contributed by atoms with Gasteiger partial charge in [-0.1, -0.05) is 35.7 Å². The Hall–Kier alpha value is -1.37. The average Bonchev–Trinajstić information content (AvgIpc) is 3.20. The van der Waals surface area contributed by atoms with Crippen LogP contribution >= 0.6 is 15.9 Å². The summed E-state index contributed by atoms with van der Waals surface area (Å²) in [5.41, 5.74) is 0.526. The maximum Gasteiger partial charge on any atom is 0.332 e. The van der Waals surface area contributed by atoms with Crippen LogP contribution in [0.25, 0.3) is 11.2 Å². The summed E-state index contributed by atoms with van der Waals surface area (Å²) in [7, 11) is 0. The molecular formula is C16H23BrN4O2. The highest BCUT2D eigenvalue weighted by atomic mass is 79.9. The van der Waals surface area contributed by atoms with Crippen molar-refractivity contribution in [2.24, 2.45) is 0 Å². The summed E-state index contributed by atoms with van der Waals surface area (Å²) in [5.74, 6) is 1.26. The number of rotatable bonds is 6. The lowest BCUT2D eigenvalue weighted by Crippen LogP contribution is -2.40. The number of aryl methyl sites for hydroxylation is 1. The number of imidazole rings is 1. The van der Waals surface area contributed by atoms with Crippen LogP contribution < -0.4 is 11.2 Å². The fourth-order valence-corrected chi connectivity index (χ4v) is 3.67. The molecule has 1 aliphatic rings. The van der Waals surface area contributed by atoms with Crippen molar-refractivity contribution in [1.29, 1.82) is 0 Å². The van der Waals surface area contributed by atoms with Crippen molar-refractivity contribution in [3.63, 3.8) is 0 Å². The molecule has 6 nitrogen and oxygen atoms in total. The lowest BCUT2D eigenvalue weighted by molar-refractivity contribution is 0.557. The number of hydrogen-bond donors (Lipinski definition) is 1. The van der Waals surface area contributed by atoms with E-state index in [9.17, 15) is 9.59 Å². The number of nitrogens with one attached hydrogen (secondary N) is 1. The van der Waals surface area contributed by atoms with Crippen molar-refractivity contribution in [1.82, 2.24) is 19.1 Å². The molecule has 2 aromatic rings. The highest BCUT2D eigenvalue weighted by Crippen LogP contribution is 2.32. The molecule has 1 N–H and O–H groups in total. The van der Waals surface area contributed by atoms with E-state index in [1.165, 1.54) is 17.4 Å². The number of halogens is 1. The average molecular weight is 383 g/mol. The maximum absolute atomic E-state index is 12.7. The van der Waals surface area contributed by atoms with Crippen molar-refractivity contribution in [3.8, 4) is 0 Å². The van der Waals surface area contributed by atoms with E-state index in [-0.39, 0.29) is 11.2 Å². The summed E-state index contributed by atoms with van der Waals surface area (Å²) in [5, 5.41) is 0.813. The third-order valence-electron chi connectivity index (χ3n) is 4.58. The van der Waals surface area contributed by atoms with Crippen molar-refractivity contribution >= 4 is 27.1 Å². The summed E-state index contributed by atoms with van der Waals surface area (Å²) in [6.07, 6.45) is 6.20. The van der Waals surface area contributed by atoms with Gasteiger partial charge in [0, 0.05) is 24.3 Å². The van der Waals surface area contributed by atoms with Crippen LogP contribution in [-0.4, -0.2) is 24.4 Å². The van der Waals surface area contributed by atoms with Gasteiger partial charge in [0.2, 0.25) is 0 Å². The molecule has 0 spiro atoms. The molecule has 1 fully saturated rings. The van der Waals surface area contributed by atoms with E-state index >= 15 is 0 Å². The summed E-state index contributed by atoms with van der Waals surface area (Å²) in [6.45, 7) is 2.98. The van der Waals surface area contributed by atoms with E-state index in [1.807, 2.05) is 6.92 Å². The Morgan fingerprint density at radius 3 is 2.61 bits per heavy atom. The minimum absolute atomic E-state index is 0.237. The van der Waals surface area contributed by atoms with Crippen molar-refractivity contribution in [2.75, 3.05) is 5.33 Å². The van der Waals surface area contributed by atoms with Gasteiger partial charge >= 0.3 is 5.69 Å². The molecule has 2 heterocycles. The van der Waals surface area contributed by atoms with Gasteiger partial charge in [0.1, 0.15) is 11.3 Å². The molecule has 0 aliphatic heterocycles. The second-order valence-corrected chi connectivity index (χ2v) is 7.03. The summed E-state index contributed by atoms with van der Waals surface area (Å²) in [6, 6.07) is 0. The van der Waals surface area contributed by atoms with Gasteiger partial charge in [0.15, 0.2) is 5.65 Å². The molecule has 1 aliphatic carbocycles.